The molecular weight excluding hydrogens is 191 g/mol. The van der Waals surface area contributed by atoms with E-state index in [4.69, 9.17) is 0 Å². The van der Waals surface area contributed by atoms with E-state index >= 15 is 0 Å². The Balaban J connectivity index is 1.75. The van der Waals surface area contributed by atoms with E-state index in [2.05, 4.69) is 13.8 Å². The molecule has 3 fully saturated rings. The molecule has 2 aliphatic heterocycles. The van der Waals surface area contributed by atoms with E-state index in [1.807, 2.05) is 0 Å². The molecule has 0 aromatic heterocycles. The lowest BCUT2D eigenvalue weighted by atomic mass is 9.16. The first-order valence-electron chi connectivity index (χ1n) is 7.83. The Morgan fingerprint density at radius 2 is 1.56 bits per heavy atom. The summed E-state index contributed by atoms with van der Waals surface area (Å²) in [5.41, 5.74) is 0.858. The molecule has 3 rings (SSSR count). The van der Waals surface area contributed by atoms with Crippen molar-refractivity contribution in [3.63, 3.8) is 0 Å². The summed E-state index contributed by atoms with van der Waals surface area (Å²) in [6, 6.07) is 0. The summed E-state index contributed by atoms with van der Waals surface area (Å²) in [5.74, 6) is 2.06. The van der Waals surface area contributed by atoms with Gasteiger partial charge in [0.15, 0.2) is 0 Å². The van der Waals surface area contributed by atoms with Crippen LogP contribution in [-0.4, -0.2) is 6.15 Å². The lowest BCUT2D eigenvalue weighted by Gasteiger charge is -2.46. The zero-order chi connectivity index (χ0) is 11.2. The van der Waals surface area contributed by atoms with Crippen molar-refractivity contribution in [2.75, 3.05) is 0 Å². The normalized spacial score (nSPS) is 46.9. The molecule has 92 valence electrons. The van der Waals surface area contributed by atoms with E-state index in [1.54, 1.807) is 44.5 Å². The molecule has 2 unspecified atom stereocenters. The summed E-state index contributed by atoms with van der Waals surface area (Å²) in [6.45, 7) is 5.03. The van der Waals surface area contributed by atoms with Crippen molar-refractivity contribution in [2.45, 2.75) is 77.7 Å². The van der Waals surface area contributed by atoms with Crippen LogP contribution in [0.1, 0.15) is 52.4 Å². The standard InChI is InChI=1S/C15H28B/c1-13-9-14(2)11-16(10-13)8-7-15(12-16)5-3-4-6-15/h13-14H,3-12H2,1-2H3/q-1. The average molecular weight is 219 g/mol. The average Bonchev–Trinajstić information content (AvgIpc) is 2.74. The summed E-state index contributed by atoms with van der Waals surface area (Å²) in [5, 5.41) is 0. The van der Waals surface area contributed by atoms with Crippen LogP contribution < -0.4 is 0 Å². The maximum Gasteiger partial charge on any atom is 0.00204 e. The molecule has 0 radical (unpaired) electrons. The summed E-state index contributed by atoms with van der Waals surface area (Å²) in [4.78, 5) is 0. The van der Waals surface area contributed by atoms with Crippen LogP contribution in [0.3, 0.4) is 0 Å². The van der Waals surface area contributed by atoms with Gasteiger partial charge in [0.2, 0.25) is 0 Å². The molecule has 0 amide bonds. The van der Waals surface area contributed by atoms with Crippen LogP contribution in [0.15, 0.2) is 0 Å². The predicted molar refractivity (Wildman–Crippen MR) is 73.4 cm³/mol. The van der Waals surface area contributed by atoms with Crippen LogP contribution in [0.25, 0.3) is 0 Å². The minimum atomic E-state index is 0.0838. The topological polar surface area (TPSA) is 0 Å². The molecule has 1 aliphatic carbocycles. The second-order valence-electron chi connectivity index (χ2n) is 8.10. The second kappa shape index (κ2) is 3.78. The molecule has 2 spiro atoms. The molecule has 1 heteroatoms. The predicted octanol–water partition coefficient (Wildman–Crippen LogP) is 5.08. The second-order valence-corrected chi connectivity index (χ2v) is 8.10. The van der Waals surface area contributed by atoms with Crippen molar-refractivity contribution in [3.8, 4) is 0 Å². The summed E-state index contributed by atoms with van der Waals surface area (Å²) in [6.07, 6.45) is 16.0. The Morgan fingerprint density at radius 3 is 2.19 bits per heavy atom. The van der Waals surface area contributed by atoms with E-state index in [9.17, 15) is 0 Å². The SMILES string of the molecule is CC1CC(C)C[B-]2(CCC3(CCCC3)C2)C1. The van der Waals surface area contributed by atoms with Gasteiger partial charge in [0.05, 0.1) is 0 Å². The molecule has 0 nitrogen and oxygen atoms in total. The third-order valence-corrected chi connectivity index (χ3v) is 6.43. The van der Waals surface area contributed by atoms with Crippen molar-refractivity contribution in [1.82, 2.24) is 0 Å². The van der Waals surface area contributed by atoms with E-state index in [-0.39, 0.29) is 6.15 Å². The molecule has 0 aromatic carbocycles. The molecule has 2 atom stereocenters. The smallest absolute Gasteiger partial charge is 0.00204 e. The van der Waals surface area contributed by atoms with Crippen molar-refractivity contribution in [1.29, 1.82) is 0 Å². The summed E-state index contributed by atoms with van der Waals surface area (Å²) >= 11 is 0. The lowest BCUT2D eigenvalue weighted by Crippen LogP contribution is -2.39. The highest BCUT2D eigenvalue weighted by molar-refractivity contribution is 6.81. The Bertz CT molecular complexity index is 255. The minimum Gasteiger partial charge on any atom is -0.178 e. The minimum absolute atomic E-state index is 0.0838. The van der Waals surface area contributed by atoms with Gasteiger partial charge in [0.25, 0.3) is 0 Å². The molecule has 0 N–H and O–H groups in total. The maximum atomic E-state index is 2.51. The largest absolute Gasteiger partial charge is 0.178 e. The van der Waals surface area contributed by atoms with Crippen molar-refractivity contribution >= 4 is 6.15 Å². The van der Waals surface area contributed by atoms with Crippen molar-refractivity contribution in [2.24, 2.45) is 17.3 Å². The highest BCUT2D eigenvalue weighted by Gasteiger charge is 2.46. The molecule has 2 saturated heterocycles. The molecule has 0 aromatic rings. The quantitative estimate of drug-likeness (QED) is 0.498. The fourth-order valence-electron chi connectivity index (χ4n) is 6.40. The van der Waals surface area contributed by atoms with Gasteiger partial charge < -0.3 is 0 Å². The highest BCUT2D eigenvalue weighted by atomic mass is 14.4. The monoisotopic (exact) mass is 219 g/mol. The van der Waals surface area contributed by atoms with E-state index < -0.39 is 0 Å². The number of hydrogen-bond acceptors (Lipinski definition) is 0. The zero-order valence-corrected chi connectivity index (χ0v) is 11.3. The van der Waals surface area contributed by atoms with Crippen LogP contribution in [0, 0.1) is 17.3 Å². The van der Waals surface area contributed by atoms with Gasteiger partial charge in [-0.25, -0.2) is 0 Å². The van der Waals surface area contributed by atoms with Crippen LogP contribution in [-0.2, 0) is 0 Å². The number of hydrogen-bond donors (Lipinski definition) is 0. The first-order valence-corrected chi connectivity index (χ1v) is 7.83. The van der Waals surface area contributed by atoms with Crippen LogP contribution >= 0.6 is 0 Å². The van der Waals surface area contributed by atoms with Gasteiger partial charge in [-0.05, 0) is 0 Å². The zero-order valence-electron chi connectivity index (χ0n) is 11.3. The maximum absolute atomic E-state index is 2.51. The molecule has 3 aliphatic rings. The Hall–Kier alpha value is 0.0649. The van der Waals surface area contributed by atoms with Gasteiger partial charge >= 0.3 is 0 Å². The lowest BCUT2D eigenvalue weighted by molar-refractivity contribution is 0.339. The van der Waals surface area contributed by atoms with Gasteiger partial charge in [-0.2, -0.15) is 25.3 Å². The van der Waals surface area contributed by atoms with E-state index in [1.165, 1.54) is 19.3 Å². The molecule has 0 bridgehead atoms. The van der Waals surface area contributed by atoms with Gasteiger partial charge in [-0.1, -0.05) is 69.6 Å². The van der Waals surface area contributed by atoms with E-state index in [0.717, 1.165) is 17.3 Å². The van der Waals surface area contributed by atoms with Gasteiger partial charge in [-0.15, -0.1) is 0 Å². The van der Waals surface area contributed by atoms with Crippen molar-refractivity contribution < 1.29 is 0 Å². The molecule has 2 heterocycles. The Morgan fingerprint density at radius 1 is 0.938 bits per heavy atom. The third kappa shape index (κ3) is 1.85. The Labute approximate surface area is 101 Å². The van der Waals surface area contributed by atoms with E-state index in [0.29, 0.717) is 0 Å². The molecule has 16 heavy (non-hydrogen) atoms. The third-order valence-electron chi connectivity index (χ3n) is 6.43. The summed E-state index contributed by atoms with van der Waals surface area (Å²) < 4.78 is 0. The van der Waals surface area contributed by atoms with Gasteiger partial charge in [-0.3, -0.25) is 0 Å². The van der Waals surface area contributed by atoms with Crippen molar-refractivity contribution in [3.05, 3.63) is 0 Å². The fourth-order valence-corrected chi connectivity index (χ4v) is 6.40. The van der Waals surface area contributed by atoms with Gasteiger partial charge in [0, 0.05) is 6.15 Å². The van der Waals surface area contributed by atoms with Crippen LogP contribution in [0.2, 0.25) is 25.3 Å². The highest BCUT2D eigenvalue weighted by Crippen LogP contribution is 2.59. The molecule has 1 saturated carbocycles. The van der Waals surface area contributed by atoms with Crippen LogP contribution in [0.4, 0.5) is 0 Å². The Kier molecular flexibility index (Phi) is 2.64. The van der Waals surface area contributed by atoms with Gasteiger partial charge in [0.1, 0.15) is 0 Å². The summed E-state index contributed by atoms with van der Waals surface area (Å²) in [7, 11) is 0. The fraction of sp³-hybridized carbons (Fsp3) is 1.00. The first kappa shape index (κ1) is 11.2. The van der Waals surface area contributed by atoms with Crippen LogP contribution in [0.5, 0.6) is 0 Å². The first-order chi connectivity index (χ1) is 7.62. The molecular formula is C15H28B-. The number of rotatable bonds is 0.